The van der Waals surface area contributed by atoms with Gasteiger partial charge in [0.15, 0.2) is 0 Å². The molecule has 0 aliphatic heterocycles. The van der Waals surface area contributed by atoms with E-state index in [0.717, 1.165) is 37.9 Å². The van der Waals surface area contributed by atoms with Crippen LogP contribution in [0.25, 0.3) is 0 Å². The zero-order valence-electron chi connectivity index (χ0n) is 13.7. The van der Waals surface area contributed by atoms with Crippen LogP contribution in [0.1, 0.15) is 47.0 Å². The number of hydrogen-bond donors (Lipinski definition) is 2. The summed E-state index contributed by atoms with van der Waals surface area (Å²) < 4.78 is 0. The number of nitrogens with one attached hydrogen (secondary N) is 2. The van der Waals surface area contributed by atoms with E-state index in [4.69, 9.17) is 0 Å². The summed E-state index contributed by atoms with van der Waals surface area (Å²) in [6.45, 7) is 11.3. The molecule has 1 aliphatic rings. The summed E-state index contributed by atoms with van der Waals surface area (Å²) in [6, 6.07) is 0.529. The van der Waals surface area contributed by atoms with Crippen molar-refractivity contribution >= 4 is 17.8 Å². The van der Waals surface area contributed by atoms with Gasteiger partial charge in [-0.2, -0.15) is 15.0 Å². The molecule has 0 spiro atoms. The maximum atomic E-state index is 4.58. The Kier molecular flexibility index (Phi) is 5.59. The maximum Gasteiger partial charge on any atom is 0.231 e. The van der Waals surface area contributed by atoms with Crippen LogP contribution in [0, 0.1) is 5.92 Å². The van der Waals surface area contributed by atoms with Gasteiger partial charge < -0.3 is 15.5 Å². The molecule has 1 aromatic rings. The van der Waals surface area contributed by atoms with Crippen molar-refractivity contribution in [2.45, 2.75) is 53.0 Å². The second-order valence-electron chi connectivity index (χ2n) is 5.54. The minimum absolute atomic E-state index is 0.529. The molecule has 21 heavy (non-hydrogen) atoms. The molecule has 2 N–H and O–H groups in total. The molecular weight excluding hydrogens is 264 g/mol. The highest BCUT2D eigenvalue weighted by Crippen LogP contribution is 2.35. The van der Waals surface area contributed by atoms with Crippen molar-refractivity contribution < 1.29 is 0 Å². The molecule has 0 amide bonds. The Hall–Kier alpha value is -1.59. The van der Waals surface area contributed by atoms with Crippen molar-refractivity contribution in [1.29, 1.82) is 0 Å². The van der Waals surface area contributed by atoms with Gasteiger partial charge in [-0.3, -0.25) is 0 Å². The summed E-state index contributed by atoms with van der Waals surface area (Å²) in [6.07, 6.45) is 3.49. The topological polar surface area (TPSA) is 66.0 Å². The summed E-state index contributed by atoms with van der Waals surface area (Å²) in [5, 5.41) is 6.72. The highest BCUT2D eigenvalue weighted by atomic mass is 15.3. The van der Waals surface area contributed by atoms with Crippen LogP contribution in [-0.2, 0) is 0 Å². The highest BCUT2D eigenvalue weighted by Gasteiger charge is 2.36. The van der Waals surface area contributed by atoms with Crippen LogP contribution in [0.15, 0.2) is 0 Å². The average Bonchev–Trinajstić information content (AvgIpc) is 3.24. The van der Waals surface area contributed by atoms with E-state index in [2.05, 4.69) is 58.2 Å². The van der Waals surface area contributed by atoms with Crippen LogP contribution in [0.5, 0.6) is 0 Å². The molecule has 0 saturated heterocycles. The number of rotatable bonds is 9. The summed E-state index contributed by atoms with van der Waals surface area (Å²) >= 11 is 0. The molecule has 6 nitrogen and oxygen atoms in total. The Balaban J connectivity index is 2.15. The average molecular weight is 292 g/mol. The molecule has 6 heteroatoms. The molecule has 2 unspecified atom stereocenters. The minimum atomic E-state index is 0.529. The zero-order valence-corrected chi connectivity index (χ0v) is 13.7. The molecule has 1 aromatic heterocycles. The van der Waals surface area contributed by atoms with Gasteiger partial charge in [-0.05, 0) is 32.6 Å². The zero-order chi connectivity index (χ0) is 15.2. The van der Waals surface area contributed by atoms with Crippen LogP contribution in [-0.4, -0.2) is 40.6 Å². The Morgan fingerprint density at radius 1 is 1.05 bits per heavy atom. The molecule has 0 bridgehead atoms. The second kappa shape index (κ2) is 7.43. The predicted octanol–water partition coefficient (Wildman–Crippen LogP) is 2.75. The number of hydrogen-bond acceptors (Lipinski definition) is 6. The molecular formula is C15H28N6. The third-order valence-electron chi connectivity index (χ3n) is 3.96. The van der Waals surface area contributed by atoms with Gasteiger partial charge in [-0.25, -0.2) is 0 Å². The van der Waals surface area contributed by atoms with Crippen molar-refractivity contribution in [2.75, 3.05) is 35.2 Å². The Bertz CT molecular complexity index is 446. The molecule has 118 valence electrons. The summed E-state index contributed by atoms with van der Waals surface area (Å²) in [7, 11) is 0. The van der Waals surface area contributed by atoms with E-state index in [1.807, 2.05) is 0 Å². The van der Waals surface area contributed by atoms with Crippen molar-refractivity contribution in [3.05, 3.63) is 0 Å². The number of anilines is 3. The minimum Gasteiger partial charge on any atom is -0.354 e. The molecule has 2 atom stereocenters. The smallest absolute Gasteiger partial charge is 0.231 e. The lowest BCUT2D eigenvalue weighted by Gasteiger charge is -2.19. The molecule has 0 radical (unpaired) electrons. The van der Waals surface area contributed by atoms with Crippen LogP contribution in [0.3, 0.4) is 0 Å². The van der Waals surface area contributed by atoms with Gasteiger partial charge >= 0.3 is 0 Å². The predicted molar refractivity (Wildman–Crippen MR) is 88.0 cm³/mol. The lowest BCUT2D eigenvalue weighted by atomic mass is 10.3. The van der Waals surface area contributed by atoms with E-state index in [-0.39, 0.29) is 0 Å². The van der Waals surface area contributed by atoms with Gasteiger partial charge in [0.1, 0.15) is 0 Å². The van der Waals surface area contributed by atoms with Crippen LogP contribution < -0.4 is 15.5 Å². The van der Waals surface area contributed by atoms with Crippen LogP contribution in [0.4, 0.5) is 17.8 Å². The van der Waals surface area contributed by atoms with Crippen molar-refractivity contribution in [1.82, 2.24) is 15.0 Å². The van der Waals surface area contributed by atoms with Crippen molar-refractivity contribution in [3.63, 3.8) is 0 Å². The summed E-state index contributed by atoms with van der Waals surface area (Å²) in [5.41, 5.74) is 0. The molecule has 0 aromatic carbocycles. The second-order valence-corrected chi connectivity index (χ2v) is 5.54. The molecule has 1 fully saturated rings. The van der Waals surface area contributed by atoms with E-state index in [0.29, 0.717) is 17.9 Å². The molecule has 1 heterocycles. The molecule has 1 saturated carbocycles. The molecule has 2 rings (SSSR count). The highest BCUT2D eigenvalue weighted by molar-refractivity contribution is 5.44. The first-order valence-corrected chi connectivity index (χ1v) is 8.23. The van der Waals surface area contributed by atoms with Crippen LogP contribution >= 0.6 is 0 Å². The normalized spacial score (nSPS) is 20.2. The van der Waals surface area contributed by atoms with Gasteiger partial charge in [0, 0.05) is 25.7 Å². The van der Waals surface area contributed by atoms with Gasteiger partial charge in [0.25, 0.3) is 0 Å². The lowest BCUT2D eigenvalue weighted by molar-refractivity contribution is 0.767. The summed E-state index contributed by atoms with van der Waals surface area (Å²) in [4.78, 5) is 15.8. The molecule has 1 aliphatic carbocycles. The van der Waals surface area contributed by atoms with Crippen LogP contribution in [0.2, 0.25) is 0 Å². The maximum absolute atomic E-state index is 4.58. The Morgan fingerprint density at radius 3 is 2.33 bits per heavy atom. The van der Waals surface area contributed by atoms with Gasteiger partial charge in [0.2, 0.25) is 17.8 Å². The third kappa shape index (κ3) is 4.19. The van der Waals surface area contributed by atoms with E-state index in [1.165, 1.54) is 12.8 Å². The largest absolute Gasteiger partial charge is 0.354 e. The first-order chi connectivity index (χ1) is 10.2. The fourth-order valence-electron chi connectivity index (χ4n) is 2.43. The Morgan fingerprint density at radius 2 is 1.76 bits per heavy atom. The first kappa shape index (κ1) is 15.8. The fourth-order valence-corrected chi connectivity index (χ4v) is 2.43. The van der Waals surface area contributed by atoms with E-state index in [1.54, 1.807) is 0 Å². The fraction of sp³-hybridized carbons (Fsp3) is 0.800. The van der Waals surface area contributed by atoms with E-state index in [9.17, 15) is 0 Å². The van der Waals surface area contributed by atoms with E-state index >= 15 is 0 Å². The quantitative estimate of drug-likeness (QED) is 0.729. The van der Waals surface area contributed by atoms with E-state index < -0.39 is 0 Å². The van der Waals surface area contributed by atoms with Gasteiger partial charge in [-0.1, -0.05) is 20.3 Å². The lowest BCUT2D eigenvalue weighted by Crippen LogP contribution is -2.25. The number of nitrogens with zero attached hydrogens (tertiary/aromatic N) is 4. The van der Waals surface area contributed by atoms with Crippen molar-refractivity contribution in [3.8, 4) is 0 Å². The standard InChI is InChI=1S/C15H28N6/c1-5-9-16-13-18-14(17-12-10-11(12)6-2)20-15(19-13)21(7-3)8-4/h11-12H,5-10H2,1-4H3,(H2,16,17,18,19,20). The SMILES string of the molecule is CCCNc1nc(NC2CC2CC)nc(N(CC)CC)n1. The van der Waals surface area contributed by atoms with Crippen molar-refractivity contribution in [2.24, 2.45) is 5.92 Å². The first-order valence-electron chi connectivity index (χ1n) is 8.23. The number of aromatic nitrogens is 3. The van der Waals surface area contributed by atoms with Gasteiger partial charge in [-0.15, -0.1) is 0 Å². The van der Waals surface area contributed by atoms with Gasteiger partial charge in [0.05, 0.1) is 0 Å². The third-order valence-corrected chi connectivity index (χ3v) is 3.96. The summed E-state index contributed by atoms with van der Waals surface area (Å²) in [5.74, 6) is 2.90. The monoisotopic (exact) mass is 292 g/mol. The Labute approximate surface area is 127 Å².